The molecule has 0 unspecified atom stereocenters. The summed E-state index contributed by atoms with van der Waals surface area (Å²) in [5.74, 6) is 0.269. The Hall–Kier alpha value is -1.55. The summed E-state index contributed by atoms with van der Waals surface area (Å²) in [5, 5.41) is 3.41. The van der Waals surface area contributed by atoms with Crippen molar-refractivity contribution in [3.63, 3.8) is 0 Å². The van der Waals surface area contributed by atoms with Crippen molar-refractivity contribution in [1.29, 1.82) is 0 Å². The second kappa shape index (κ2) is 11.0. The normalized spacial score (nSPS) is 25.8. The molecule has 0 aromatic heterocycles. The zero-order chi connectivity index (χ0) is 22.4. The van der Waals surface area contributed by atoms with Gasteiger partial charge in [-0.15, -0.1) is 0 Å². The van der Waals surface area contributed by atoms with Crippen LogP contribution in [0.4, 0.5) is 5.69 Å². The van der Waals surface area contributed by atoms with Crippen LogP contribution in [0.3, 0.4) is 0 Å². The SMILES string of the molecule is CCCC[C@@H]1NC(=O)C2(CCN(C3CCCCCCCCC3)CC2)N1c1cccc(C)c1. The van der Waals surface area contributed by atoms with Crippen LogP contribution in [0.5, 0.6) is 0 Å². The number of nitrogens with zero attached hydrogens (tertiary/aromatic N) is 2. The quantitative estimate of drug-likeness (QED) is 0.595. The molecule has 2 heterocycles. The van der Waals surface area contributed by atoms with Crippen molar-refractivity contribution in [1.82, 2.24) is 10.2 Å². The first kappa shape index (κ1) is 23.6. The average Bonchev–Trinajstić information content (AvgIpc) is 3.07. The van der Waals surface area contributed by atoms with Gasteiger partial charge in [0, 0.05) is 24.8 Å². The number of unbranched alkanes of at least 4 members (excludes halogenated alkanes) is 1. The second-order valence-electron chi connectivity index (χ2n) is 10.6. The van der Waals surface area contributed by atoms with E-state index in [0.717, 1.165) is 51.2 Å². The van der Waals surface area contributed by atoms with Gasteiger partial charge in [-0.2, -0.15) is 0 Å². The number of carbonyl (C=O) groups is 1. The first-order chi connectivity index (χ1) is 15.6. The molecule has 1 amide bonds. The molecule has 178 valence electrons. The standard InChI is InChI=1S/C28H45N3O/c1-3-4-17-26-29-27(32)28(31(26)25-16-12-13-23(2)22-25)18-20-30(21-19-28)24-14-10-8-6-5-7-9-11-15-24/h12-13,16,22,24,26H,3-11,14-15,17-21H2,1-2H3,(H,29,32)/t26-/m1/s1. The fraction of sp³-hybridized carbons (Fsp3) is 0.750. The van der Waals surface area contributed by atoms with E-state index in [9.17, 15) is 4.79 Å². The molecule has 2 saturated heterocycles. The first-order valence-electron chi connectivity index (χ1n) is 13.5. The molecule has 3 fully saturated rings. The van der Waals surface area contributed by atoms with Crippen LogP contribution in [0.15, 0.2) is 24.3 Å². The minimum atomic E-state index is -0.376. The summed E-state index contributed by atoms with van der Waals surface area (Å²) < 4.78 is 0. The number of nitrogens with one attached hydrogen (secondary N) is 1. The Labute approximate surface area is 196 Å². The highest BCUT2D eigenvalue weighted by Crippen LogP contribution is 2.41. The van der Waals surface area contributed by atoms with Crippen LogP contribution in [0.2, 0.25) is 0 Å². The topological polar surface area (TPSA) is 35.6 Å². The van der Waals surface area contributed by atoms with Crippen molar-refractivity contribution in [2.24, 2.45) is 0 Å². The van der Waals surface area contributed by atoms with E-state index in [-0.39, 0.29) is 17.6 Å². The molecular formula is C28H45N3O. The summed E-state index contributed by atoms with van der Waals surface area (Å²) in [6.07, 6.45) is 17.9. The molecule has 0 bridgehead atoms. The Morgan fingerprint density at radius 2 is 1.66 bits per heavy atom. The van der Waals surface area contributed by atoms with Crippen molar-refractivity contribution in [3.8, 4) is 0 Å². The van der Waals surface area contributed by atoms with Gasteiger partial charge in [-0.05, 0) is 63.1 Å². The number of likely N-dealkylation sites (tertiary alicyclic amines) is 1. The van der Waals surface area contributed by atoms with Gasteiger partial charge in [0.05, 0.1) is 0 Å². The van der Waals surface area contributed by atoms with Gasteiger partial charge in [-0.3, -0.25) is 4.79 Å². The van der Waals surface area contributed by atoms with Crippen molar-refractivity contribution in [2.75, 3.05) is 18.0 Å². The molecule has 1 aliphatic carbocycles. The number of amides is 1. The lowest BCUT2D eigenvalue weighted by Gasteiger charge is -2.47. The number of rotatable bonds is 5. The van der Waals surface area contributed by atoms with E-state index in [2.05, 4.69) is 53.2 Å². The van der Waals surface area contributed by atoms with Crippen molar-refractivity contribution in [2.45, 2.75) is 121 Å². The predicted molar refractivity (Wildman–Crippen MR) is 134 cm³/mol. The Bertz CT molecular complexity index is 730. The van der Waals surface area contributed by atoms with E-state index in [0.29, 0.717) is 0 Å². The third-order valence-electron chi connectivity index (χ3n) is 8.32. The highest BCUT2D eigenvalue weighted by atomic mass is 16.2. The van der Waals surface area contributed by atoms with E-state index >= 15 is 0 Å². The van der Waals surface area contributed by atoms with E-state index in [1.165, 1.54) is 69.0 Å². The average molecular weight is 440 g/mol. The number of hydrogen-bond acceptors (Lipinski definition) is 3. The maximum atomic E-state index is 13.5. The number of anilines is 1. The van der Waals surface area contributed by atoms with Gasteiger partial charge in [-0.1, -0.05) is 70.4 Å². The molecule has 4 heteroatoms. The maximum absolute atomic E-state index is 13.5. The van der Waals surface area contributed by atoms with Gasteiger partial charge >= 0.3 is 0 Å². The Morgan fingerprint density at radius 1 is 1.00 bits per heavy atom. The largest absolute Gasteiger partial charge is 0.336 e. The number of benzene rings is 1. The fourth-order valence-electron chi connectivity index (χ4n) is 6.44. The van der Waals surface area contributed by atoms with Crippen LogP contribution in [0.1, 0.15) is 102 Å². The number of hydrogen-bond donors (Lipinski definition) is 1. The highest BCUT2D eigenvalue weighted by molar-refractivity contribution is 5.94. The van der Waals surface area contributed by atoms with Crippen LogP contribution in [0.25, 0.3) is 0 Å². The summed E-state index contributed by atoms with van der Waals surface area (Å²) in [6, 6.07) is 9.51. The van der Waals surface area contributed by atoms with Crippen molar-refractivity contribution >= 4 is 11.6 Å². The molecular weight excluding hydrogens is 394 g/mol. The van der Waals surface area contributed by atoms with Gasteiger partial charge in [-0.25, -0.2) is 0 Å². The molecule has 0 radical (unpaired) electrons. The summed E-state index contributed by atoms with van der Waals surface area (Å²) in [7, 11) is 0. The summed E-state index contributed by atoms with van der Waals surface area (Å²) in [5.41, 5.74) is 2.11. The molecule has 2 aliphatic heterocycles. The number of piperidine rings is 1. The van der Waals surface area contributed by atoms with E-state index in [1.807, 2.05) is 0 Å². The van der Waals surface area contributed by atoms with Gasteiger partial charge in [0.25, 0.3) is 0 Å². The molecule has 1 N–H and O–H groups in total. The lowest BCUT2D eigenvalue weighted by molar-refractivity contribution is -0.125. The smallest absolute Gasteiger partial charge is 0.247 e. The molecule has 1 atom stereocenters. The van der Waals surface area contributed by atoms with Crippen molar-refractivity contribution in [3.05, 3.63) is 29.8 Å². The zero-order valence-corrected chi connectivity index (χ0v) is 20.6. The Morgan fingerprint density at radius 3 is 2.28 bits per heavy atom. The first-order valence-corrected chi connectivity index (χ1v) is 13.5. The molecule has 4 nitrogen and oxygen atoms in total. The number of aryl methyl sites for hydroxylation is 1. The highest BCUT2D eigenvalue weighted by Gasteiger charge is 2.54. The molecule has 1 saturated carbocycles. The van der Waals surface area contributed by atoms with E-state index in [1.54, 1.807) is 0 Å². The maximum Gasteiger partial charge on any atom is 0.247 e. The number of carbonyl (C=O) groups excluding carboxylic acids is 1. The van der Waals surface area contributed by atoms with E-state index < -0.39 is 0 Å². The van der Waals surface area contributed by atoms with Gasteiger partial charge in [0.2, 0.25) is 5.91 Å². The summed E-state index contributed by atoms with van der Waals surface area (Å²) in [6.45, 7) is 6.51. The summed E-state index contributed by atoms with van der Waals surface area (Å²) in [4.78, 5) is 18.7. The molecule has 4 rings (SSSR count). The van der Waals surface area contributed by atoms with Crippen LogP contribution in [0, 0.1) is 6.92 Å². The minimum Gasteiger partial charge on any atom is -0.336 e. The predicted octanol–water partition coefficient (Wildman–Crippen LogP) is 6.18. The van der Waals surface area contributed by atoms with Crippen LogP contribution in [-0.2, 0) is 4.79 Å². The van der Waals surface area contributed by atoms with Crippen LogP contribution >= 0.6 is 0 Å². The van der Waals surface area contributed by atoms with Crippen molar-refractivity contribution < 1.29 is 4.79 Å². The Kier molecular flexibility index (Phi) is 8.15. The van der Waals surface area contributed by atoms with Gasteiger partial charge in [0.15, 0.2) is 0 Å². The minimum absolute atomic E-state index is 0.129. The fourth-order valence-corrected chi connectivity index (χ4v) is 6.44. The molecule has 3 aliphatic rings. The van der Waals surface area contributed by atoms with Crippen LogP contribution in [-0.4, -0.2) is 41.6 Å². The van der Waals surface area contributed by atoms with Gasteiger partial charge < -0.3 is 15.1 Å². The zero-order valence-electron chi connectivity index (χ0n) is 20.6. The summed E-state index contributed by atoms with van der Waals surface area (Å²) >= 11 is 0. The second-order valence-corrected chi connectivity index (χ2v) is 10.6. The van der Waals surface area contributed by atoms with Gasteiger partial charge in [0.1, 0.15) is 11.7 Å². The van der Waals surface area contributed by atoms with Crippen LogP contribution < -0.4 is 10.2 Å². The Balaban J connectivity index is 1.50. The molecule has 1 aromatic rings. The van der Waals surface area contributed by atoms with E-state index in [4.69, 9.17) is 0 Å². The molecule has 32 heavy (non-hydrogen) atoms. The molecule has 1 spiro atoms. The monoisotopic (exact) mass is 439 g/mol. The molecule has 1 aromatic carbocycles. The third-order valence-corrected chi connectivity index (χ3v) is 8.32. The lowest BCUT2D eigenvalue weighted by atomic mass is 9.84. The third kappa shape index (κ3) is 5.16. The lowest BCUT2D eigenvalue weighted by Crippen LogP contribution is -2.58.